The summed E-state index contributed by atoms with van der Waals surface area (Å²) in [4.78, 5) is 13.2. The predicted molar refractivity (Wildman–Crippen MR) is 57.5 cm³/mol. The Bertz CT molecular complexity index is 610. The van der Waals surface area contributed by atoms with E-state index in [1.807, 2.05) is 0 Å². The van der Waals surface area contributed by atoms with Crippen molar-refractivity contribution in [2.24, 2.45) is 0 Å². The van der Waals surface area contributed by atoms with E-state index in [2.05, 4.69) is 4.98 Å². The van der Waals surface area contributed by atoms with E-state index in [1.54, 1.807) is 0 Å². The van der Waals surface area contributed by atoms with E-state index in [9.17, 15) is 22.4 Å². The molecule has 2 nitrogen and oxygen atoms in total. The monoisotopic (exact) mass is 257 g/mol. The average Bonchev–Trinajstić information content (AvgIpc) is 2.29. The molecule has 0 saturated heterocycles. The maximum atomic E-state index is 13.1. The minimum absolute atomic E-state index is 0.181. The third-order valence-electron chi connectivity index (χ3n) is 2.39. The Kier molecular flexibility index (Phi) is 2.94. The van der Waals surface area contributed by atoms with Crippen molar-refractivity contribution in [1.29, 1.82) is 0 Å². The first-order chi connectivity index (χ1) is 8.38. The Morgan fingerprint density at radius 1 is 1.00 bits per heavy atom. The summed E-state index contributed by atoms with van der Waals surface area (Å²) in [7, 11) is 0. The summed E-state index contributed by atoms with van der Waals surface area (Å²) in [5, 5.41) is 0. The highest BCUT2D eigenvalue weighted by Crippen LogP contribution is 2.33. The van der Waals surface area contributed by atoms with Gasteiger partial charge in [0.15, 0.2) is 0 Å². The van der Waals surface area contributed by atoms with Crippen molar-refractivity contribution in [2.75, 3.05) is 0 Å². The first-order valence-electron chi connectivity index (χ1n) is 4.94. The molecule has 6 heteroatoms. The van der Waals surface area contributed by atoms with Crippen LogP contribution in [-0.4, -0.2) is 4.98 Å². The van der Waals surface area contributed by atoms with E-state index in [1.165, 1.54) is 24.4 Å². The molecule has 1 N–H and O–H groups in total. The van der Waals surface area contributed by atoms with E-state index in [-0.39, 0.29) is 11.1 Å². The number of rotatable bonds is 1. The van der Waals surface area contributed by atoms with Crippen molar-refractivity contribution in [3.8, 4) is 11.1 Å². The molecule has 1 aromatic carbocycles. The molecule has 0 saturated carbocycles. The molecule has 1 aromatic heterocycles. The highest BCUT2D eigenvalue weighted by Gasteiger charge is 2.34. The second kappa shape index (κ2) is 4.29. The van der Waals surface area contributed by atoms with Gasteiger partial charge in [0.25, 0.3) is 0 Å². The lowest BCUT2D eigenvalue weighted by molar-refractivity contribution is -0.139. The summed E-state index contributed by atoms with van der Waals surface area (Å²) < 4.78 is 50.6. The second-order valence-corrected chi connectivity index (χ2v) is 3.63. The van der Waals surface area contributed by atoms with Gasteiger partial charge >= 0.3 is 6.18 Å². The van der Waals surface area contributed by atoms with Gasteiger partial charge in [-0.25, -0.2) is 4.39 Å². The Morgan fingerprint density at radius 3 is 2.22 bits per heavy atom. The normalized spacial score (nSPS) is 11.6. The molecule has 1 heterocycles. The number of hydrogen-bond acceptors (Lipinski definition) is 1. The van der Waals surface area contributed by atoms with Crippen LogP contribution in [0.1, 0.15) is 5.56 Å². The van der Waals surface area contributed by atoms with E-state index < -0.39 is 17.6 Å². The van der Waals surface area contributed by atoms with Gasteiger partial charge in [-0.05, 0) is 29.3 Å². The van der Waals surface area contributed by atoms with Gasteiger partial charge in [0.1, 0.15) is 5.82 Å². The third-order valence-corrected chi connectivity index (χ3v) is 2.39. The average molecular weight is 257 g/mol. The minimum atomic E-state index is -4.75. The van der Waals surface area contributed by atoms with Crippen molar-refractivity contribution >= 4 is 0 Å². The van der Waals surface area contributed by atoms with Crippen LogP contribution in [0.2, 0.25) is 0 Å². The number of alkyl halides is 3. The number of benzene rings is 1. The second-order valence-electron chi connectivity index (χ2n) is 3.63. The van der Waals surface area contributed by atoms with Crippen molar-refractivity contribution in [2.45, 2.75) is 6.18 Å². The van der Waals surface area contributed by atoms with Gasteiger partial charge in [-0.3, -0.25) is 4.79 Å². The smallest absolute Gasteiger partial charge is 0.328 e. The molecular formula is C12H7F4NO. The highest BCUT2D eigenvalue weighted by atomic mass is 19.4. The number of H-pyrrole nitrogens is 1. The van der Waals surface area contributed by atoms with Crippen LogP contribution in [0.3, 0.4) is 0 Å². The Hall–Kier alpha value is -2.11. The first-order valence-corrected chi connectivity index (χ1v) is 4.94. The zero-order valence-electron chi connectivity index (χ0n) is 8.88. The van der Waals surface area contributed by atoms with E-state index in [0.29, 0.717) is 11.6 Å². The van der Waals surface area contributed by atoms with E-state index in [4.69, 9.17) is 0 Å². The van der Waals surface area contributed by atoms with Crippen molar-refractivity contribution in [3.63, 3.8) is 0 Å². The SMILES string of the molecule is O=c1ccc(-c2ccc(F)c(C(F)(F)F)c2)c[nH]1. The van der Waals surface area contributed by atoms with Crippen LogP contribution in [-0.2, 0) is 6.18 Å². The van der Waals surface area contributed by atoms with Crippen LogP contribution in [0.25, 0.3) is 11.1 Å². The van der Waals surface area contributed by atoms with Gasteiger partial charge in [-0.15, -0.1) is 0 Å². The Balaban J connectivity index is 2.54. The fourth-order valence-corrected chi connectivity index (χ4v) is 1.51. The lowest BCUT2D eigenvalue weighted by Crippen LogP contribution is -2.08. The van der Waals surface area contributed by atoms with Gasteiger partial charge < -0.3 is 4.98 Å². The topological polar surface area (TPSA) is 32.9 Å². The molecule has 0 amide bonds. The van der Waals surface area contributed by atoms with Gasteiger partial charge in [0.05, 0.1) is 5.56 Å². The summed E-state index contributed by atoms with van der Waals surface area (Å²) in [5.74, 6) is -1.32. The number of pyridine rings is 1. The summed E-state index contributed by atoms with van der Waals surface area (Å²) in [6, 6.07) is 5.24. The fraction of sp³-hybridized carbons (Fsp3) is 0.0833. The highest BCUT2D eigenvalue weighted by molar-refractivity contribution is 5.63. The van der Waals surface area contributed by atoms with Crippen molar-refractivity contribution < 1.29 is 17.6 Å². The molecule has 0 fully saturated rings. The molecule has 0 radical (unpaired) electrons. The van der Waals surface area contributed by atoms with Crippen molar-refractivity contribution in [3.05, 3.63) is 58.3 Å². The van der Waals surface area contributed by atoms with Gasteiger partial charge in [-0.2, -0.15) is 13.2 Å². The minimum Gasteiger partial charge on any atom is -0.328 e. The Labute approximate surface area is 98.9 Å². The van der Waals surface area contributed by atoms with Crippen LogP contribution in [0.4, 0.5) is 17.6 Å². The largest absolute Gasteiger partial charge is 0.419 e. The number of halogens is 4. The molecule has 2 rings (SSSR count). The maximum absolute atomic E-state index is 13.1. The Morgan fingerprint density at radius 2 is 1.67 bits per heavy atom. The van der Waals surface area contributed by atoms with Crippen LogP contribution in [0, 0.1) is 5.82 Å². The number of aromatic amines is 1. The fourth-order valence-electron chi connectivity index (χ4n) is 1.51. The van der Waals surface area contributed by atoms with E-state index in [0.717, 1.165) is 6.07 Å². The summed E-state index contributed by atoms with van der Waals surface area (Å²) in [6.07, 6.45) is -3.47. The number of aromatic nitrogens is 1. The number of hydrogen-bond donors (Lipinski definition) is 1. The molecule has 0 unspecified atom stereocenters. The molecule has 18 heavy (non-hydrogen) atoms. The van der Waals surface area contributed by atoms with Crippen molar-refractivity contribution in [1.82, 2.24) is 4.98 Å². The predicted octanol–water partition coefficient (Wildman–Crippen LogP) is 3.20. The quantitative estimate of drug-likeness (QED) is 0.782. The standard InChI is InChI=1S/C12H7F4NO/c13-10-3-1-7(5-9(10)12(14,15)16)8-2-4-11(18)17-6-8/h1-6H,(H,17,18). The van der Waals surface area contributed by atoms with Crippen LogP contribution >= 0.6 is 0 Å². The maximum Gasteiger partial charge on any atom is 0.419 e. The molecule has 0 aliphatic rings. The van der Waals surface area contributed by atoms with Crippen LogP contribution in [0.15, 0.2) is 41.3 Å². The van der Waals surface area contributed by atoms with E-state index >= 15 is 0 Å². The molecule has 0 aliphatic carbocycles. The molecule has 94 valence electrons. The molecule has 0 atom stereocenters. The molecular weight excluding hydrogens is 250 g/mol. The number of nitrogens with one attached hydrogen (secondary N) is 1. The van der Waals surface area contributed by atoms with Crippen LogP contribution in [0.5, 0.6) is 0 Å². The van der Waals surface area contributed by atoms with Gasteiger partial charge in [0.2, 0.25) is 5.56 Å². The third kappa shape index (κ3) is 2.42. The molecule has 0 aliphatic heterocycles. The van der Waals surface area contributed by atoms with Gasteiger partial charge in [-0.1, -0.05) is 6.07 Å². The zero-order chi connectivity index (χ0) is 13.3. The van der Waals surface area contributed by atoms with Gasteiger partial charge in [0, 0.05) is 12.3 Å². The van der Waals surface area contributed by atoms with Crippen LogP contribution < -0.4 is 5.56 Å². The zero-order valence-corrected chi connectivity index (χ0v) is 8.88. The lowest BCUT2D eigenvalue weighted by atomic mass is 10.0. The summed E-state index contributed by atoms with van der Waals surface area (Å²) in [6.45, 7) is 0. The first kappa shape index (κ1) is 12.3. The molecule has 2 aromatic rings. The summed E-state index contributed by atoms with van der Waals surface area (Å²) >= 11 is 0. The molecule has 0 spiro atoms. The molecule has 0 bridgehead atoms. The lowest BCUT2D eigenvalue weighted by Gasteiger charge is -2.10. The summed E-state index contributed by atoms with van der Waals surface area (Å²) in [5.41, 5.74) is -1.14.